The molecule has 0 aromatic carbocycles. The lowest BCUT2D eigenvalue weighted by molar-refractivity contribution is 0.153. The van der Waals surface area contributed by atoms with Crippen molar-refractivity contribution in [2.45, 2.75) is 38.1 Å². The summed E-state index contributed by atoms with van der Waals surface area (Å²) in [6, 6.07) is 2.98. The zero-order valence-electron chi connectivity index (χ0n) is 9.32. The molecule has 0 amide bonds. The van der Waals surface area contributed by atoms with Crippen LogP contribution in [0, 0.1) is 17.2 Å². The molecule has 84 valence electrons. The second-order valence-corrected chi connectivity index (χ2v) is 4.76. The smallest absolute Gasteiger partial charge is 0.0868 e. The monoisotopic (exact) mass is 208 g/mol. The van der Waals surface area contributed by atoms with Crippen LogP contribution in [0.25, 0.3) is 0 Å². The number of ether oxygens (including phenoxy) is 1. The van der Waals surface area contributed by atoms with Crippen molar-refractivity contribution >= 4 is 0 Å². The normalized spacial score (nSPS) is 27.3. The molecule has 3 heteroatoms. The lowest BCUT2D eigenvalue weighted by atomic mass is 10.1. The molecule has 1 aliphatic carbocycles. The van der Waals surface area contributed by atoms with E-state index in [-0.39, 0.29) is 0 Å². The molecule has 0 spiro atoms. The predicted molar refractivity (Wildman–Crippen MR) is 58.4 cm³/mol. The number of hydrogen-bond acceptors (Lipinski definition) is 3. The summed E-state index contributed by atoms with van der Waals surface area (Å²) in [5, 5.41) is 8.85. The Morgan fingerprint density at radius 2 is 2.07 bits per heavy atom. The minimum absolute atomic E-state index is 0.598. The minimum Gasteiger partial charge on any atom is -0.381 e. The Kier molecular flexibility index (Phi) is 3.99. The van der Waals surface area contributed by atoms with Crippen molar-refractivity contribution in [3.63, 3.8) is 0 Å². The maximum atomic E-state index is 8.85. The highest BCUT2D eigenvalue weighted by Crippen LogP contribution is 2.25. The molecule has 15 heavy (non-hydrogen) atoms. The van der Waals surface area contributed by atoms with Crippen LogP contribution in [0.5, 0.6) is 0 Å². The summed E-state index contributed by atoms with van der Waals surface area (Å²) < 4.78 is 5.39. The van der Waals surface area contributed by atoms with Crippen molar-refractivity contribution in [2.24, 2.45) is 5.92 Å². The molecule has 1 heterocycles. The molecule has 0 radical (unpaired) electrons. The van der Waals surface area contributed by atoms with E-state index in [0.29, 0.717) is 18.5 Å². The molecule has 2 fully saturated rings. The van der Waals surface area contributed by atoms with E-state index in [4.69, 9.17) is 10.00 Å². The molecular formula is C12H20N2O. The average Bonchev–Trinajstić information content (AvgIpc) is 2.89. The van der Waals surface area contributed by atoms with E-state index in [1.54, 1.807) is 0 Å². The first-order valence-corrected chi connectivity index (χ1v) is 6.09. The first-order chi connectivity index (χ1) is 7.40. The van der Waals surface area contributed by atoms with Crippen LogP contribution < -0.4 is 0 Å². The molecule has 3 nitrogen and oxygen atoms in total. The van der Waals surface area contributed by atoms with Crippen LogP contribution in [-0.2, 0) is 4.74 Å². The van der Waals surface area contributed by atoms with E-state index in [1.165, 1.54) is 32.1 Å². The molecule has 1 saturated carbocycles. The zero-order valence-corrected chi connectivity index (χ0v) is 9.32. The summed E-state index contributed by atoms with van der Waals surface area (Å²) in [6.07, 6.45) is 6.43. The summed E-state index contributed by atoms with van der Waals surface area (Å²) in [7, 11) is 0. The lowest BCUT2D eigenvalue weighted by Crippen LogP contribution is -2.37. The van der Waals surface area contributed by atoms with Crippen molar-refractivity contribution in [3.05, 3.63) is 0 Å². The van der Waals surface area contributed by atoms with Crippen LogP contribution in [0.3, 0.4) is 0 Å². The second kappa shape index (κ2) is 5.48. The topological polar surface area (TPSA) is 36.3 Å². The summed E-state index contributed by atoms with van der Waals surface area (Å²) in [6.45, 7) is 3.48. The number of nitrogens with zero attached hydrogens (tertiary/aromatic N) is 2. The van der Waals surface area contributed by atoms with E-state index in [2.05, 4.69) is 11.0 Å². The van der Waals surface area contributed by atoms with Crippen molar-refractivity contribution in [2.75, 3.05) is 26.3 Å². The molecule has 2 aliphatic rings. The van der Waals surface area contributed by atoms with E-state index >= 15 is 0 Å². The quantitative estimate of drug-likeness (QED) is 0.661. The van der Waals surface area contributed by atoms with Gasteiger partial charge >= 0.3 is 0 Å². The molecule has 1 saturated heterocycles. The number of nitriles is 1. The third-order valence-electron chi connectivity index (χ3n) is 3.63. The Bertz CT molecular complexity index is 224. The third kappa shape index (κ3) is 2.93. The molecule has 2 rings (SSSR count). The molecular weight excluding hydrogens is 188 g/mol. The van der Waals surface area contributed by atoms with Gasteiger partial charge in [-0.3, -0.25) is 4.90 Å². The molecule has 0 aromatic heterocycles. The summed E-state index contributed by atoms with van der Waals surface area (Å²) in [4.78, 5) is 2.38. The fraction of sp³-hybridized carbons (Fsp3) is 0.917. The Balaban J connectivity index is 1.84. The van der Waals surface area contributed by atoms with Crippen molar-refractivity contribution in [3.8, 4) is 6.07 Å². The predicted octanol–water partition coefficient (Wildman–Crippen LogP) is 1.79. The minimum atomic E-state index is 0.598. The molecule has 1 aliphatic heterocycles. The van der Waals surface area contributed by atoms with Gasteiger partial charge in [0.05, 0.1) is 19.2 Å². The van der Waals surface area contributed by atoms with Gasteiger partial charge < -0.3 is 4.74 Å². The maximum absolute atomic E-state index is 8.85. The van der Waals surface area contributed by atoms with Crippen LogP contribution in [0.2, 0.25) is 0 Å². The van der Waals surface area contributed by atoms with Gasteiger partial charge in [0.15, 0.2) is 0 Å². The standard InChI is InChI=1S/C12H20N2O/c13-6-7-14(12-3-1-2-4-12)9-11-5-8-15-10-11/h11-12H,1-5,7-10H2. The van der Waals surface area contributed by atoms with Gasteiger partial charge in [0.2, 0.25) is 0 Å². The van der Waals surface area contributed by atoms with Crippen molar-refractivity contribution in [1.29, 1.82) is 5.26 Å². The highest BCUT2D eigenvalue weighted by Gasteiger charge is 2.26. The summed E-state index contributed by atoms with van der Waals surface area (Å²) in [5.41, 5.74) is 0. The molecule has 1 atom stereocenters. The van der Waals surface area contributed by atoms with Crippen molar-refractivity contribution < 1.29 is 4.74 Å². The van der Waals surface area contributed by atoms with Crippen LogP contribution in [-0.4, -0.2) is 37.2 Å². The van der Waals surface area contributed by atoms with Gasteiger partial charge in [-0.15, -0.1) is 0 Å². The fourth-order valence-electron chi connectivity index (χ4n) is 2.76. The van der Waals surface area contributed by atoms with Gasteiger partial charge in [-0.25, -0.2) is 0 Å². The zero-order chi connectivity index (χ0) is 10.5. The van der Waals surface area contributed by atoms with Gasteiger partial charge in [-0.1, -0.05) is 12.8 Å². The first kappa shape index (κ1) is 10.9. The highest BCUT2D eigenvalue weighted by molar-refractivity contribution is 4.86. The second-order valence-electron chi connectivity index (χ2n) is 4.76. The third-order valence-corrected chi connectivity index (χ3v) is 3.63. The van der Waals surface area contributed by atoms with Gasteiger partial charge in [-0.2, -0.15) is 5.26 Å². The molecule has 0 bridgehead atoms. The van der Waals surface area contributed by atoms with Crippen molar-refractivity contribution in [1.82, 2.24) is 4.90 Å². The molecule has 1 unspecified atom stereocenters. The SMILES string of the molecule is N#CCN(CC1CCOC1)C1CCCC1. The van der Waals surface area contributed by atoms with E-state index in [9.17, 15) is 0 Å². The van der Waals surface area contributed by atoms with Gasteiger partial charge in [0, 0.05) is 19.2 Å². The summed E-state index contributed by atoms with van der Waals surface area (Å²) >= 11 is 0. The fourth-order valence-corrected chi connectivity index (χ4v) is 2.76. The van der Waals surface area contributed by atoms with E-state index < -0.39 is 0 Å². The van der Waals surface area contributed by atoms with Crippen LogP contribution >= 0.6 is 0 Å². The first-order valence-electron chi connectivity index (χ1n) is 6.09. The maximum Gasteiger partial charge on any atom is 0.0868 e. The van der Waals surface area contributed by atoms with E-state index in [1.807, 2.05) is 0 Å². The van der Waals surface area contributed by atoms with Gasteiger partial charge in [0.25, 0.3) is 0 Å². The highest BCUT2D eigenvalue weighted by atomic mass is 16.5. The van der Waals surface area contributed by atoms with Gasteiger partial charge in [-0.05, 0) is 25.2 Å². The van der Waals surface area contributed by atoms with Crippen LogP contribution in [0.1, 0.15) is 32.1 Å². The lowest BCUT2D eigenvalue weighted by Gasteiger charge is -2.28. The largest absolute Gasteiger partial charge is 0.381 e. The molecule has 0 aromatic rings. The summed E-state index contributed by atoms with van der Waals surface area (Å²) in [5.74, 6) is 0.666. The number of rotatable bonds is 4. The Morgan fingerprint density at radius 1 is 1.27 bits per heavy atom. The van der Waals surface area contributed by atoms with E-state index in [0.717, 1.165) is 19.8 Å². The Labute approximate surface area is 92.0 Å². The van der Waals surface area contributed by atoms with Crippen LogP contribution in [0.4, 0.5) is 0 Å². The Morgan fingerprint density at radius 3 is 2.67 bits per heavy atom. The number of hydrogen-bond donors (Lipinski definition) is 0. The molecule has 0 N–H and O–H groups in total. The van der Waals surface area contributed by atoms with Crippen LogP contribution in [0.15, 0.2) is 0 Å². The average molecular weight is 208 g/mol. The van der Waals surface area contributed by atoms with Gasteiger partial charge in [0.1, 0.15) is 0 Å². The Hall–Kier alpha value is -0.590.